The molecule has 0 saturated carbocycles. The minimum atomic E-state index is -1.26. The molecule has 0 saturated heterocycles. The predicted molar refractivity (Wildman–Crippen MR) is 130 cm³/mol. The molecule has 3 rings (SSSR count). The van der Waals surface area contributed by atoms with Gasteiger partial charge in [-0.2, -0.15) is 0 Å². The maximum absolute atomic E-state index is 13.0. The summed E-state index contributed by atoms with van der Waals surface area (Å²) in [6.45, 7) is 9.20. The van der Waals surface area contributed by atoms with Gasteiger partial charge in [0.05, 0.1) is 0 Å². The molecule has 0 radical (unpaired) electrons. The third-order valence-electron chi connectivity index (χ3n) is 5.34. The lowest BCUT2D eigenvalue weighted by Crippen LogP contribution is -2.38. The third kappa shape index (κ3) is 7.15. The van der Waals surface area contributed by atoms with E-state index >= 15 is 0 Å². The van der Waals surface area contributed by atoms with E-state index in [0.29, 0.717) is 24.7 Å². The molecular weight excluding hydrogens is 420 g/mol. The number of aliphatic carboxylic acids is 2. The number of rotatable bonds is 8. The van der Waals surface area contributed by atoms with Gasteiger partial charge >= 0.3 is 11.9 Å². The summed E-state index contributed by atoms with van der Waals surface area (Å²) in [6.07, 6.45) is 3.14. The highest BCUT2D eigenvalue weighted by Gasteiger charge is 2.15. The Hall–Kier alpha value is -3.71. The highest BCUT2D eigenvalue weighted by atomic mass is 16.4. The lowest BCUT2D eigenvalue weighted by molar-refractivity contribution is -0.134. The van der Waals surface area contributed by atoms with Crippen LogP contribution in [0.3, 0.4) is 0 Å². The third-order valence-corrected chi connectivity index (χ3v) is 5.34. The zero-order chi connectivity index (χ0) is 24.4. The van der Waals surface area contributed by atoms with Gasteiger partial charge in [0, 0.05) is 41.9 Å². The van der Waals surface area contributed by atoms with E-state index in [1.165, 1.54) is 0 Å². The Bertz CT molecular complexity index is 1150. The highest BCUT2D eigenvalue weighted by molar-refractivity contribution is 5.95. The first kappa shape index (κ1) is 25.5. The van der Waals surface area contributed by atoms with Crippen LogP contribution in [-0.4, -0.2) is 50.8 Å². The molecule has 0 spiro atoms. The van der Waals surface area contributed by atoms with Crippen molar-refractivity contribution in [2.75, 3.05) is 13.1 Å². The molecule has 1 unspecified atom stereocenters. The Labute approximate surface area is 193 Å². The predicted octanol–water partition coefficient (Wildman–Crippen LogP) is 4.11. The standard InChI is InChI=1S/C22H26N2O.C4H4O4/c1-4-23(5-2)17(3)15-24-16-21(18-11-7-6-8-12-18)19-13-9-10-14-20(19)22(24)25;5-3(6)1-2-4(7)8/h6-14,16-17H,4-5,15H2,1-3H3;1-2H,(H,5,6)(H,7,8)/b;2-1-. The van der Waals surface area contributed by atoms with Gasteiger partial charge in [0.1, 0.15) is 0 Å². The number of fused-ring (bicyclic) bond motifs is 1. The minimum Gasteiger partial charge on any atom is -0.478 e. The minimum absolute atomic E-state index is 0.0919. The highest BCUT2D eigenvalue weighted by Crippen LogP contribution is 2.26. The molecule has 0 aliphatic carbocycles. The summed E-state index contributed by atoms with van der Waals surface area (Å²) in [7, 11) is 0. The van der Waals surface area contributed by atoms with Crippen LogP contribution in [-0.2, 0) is 16.1 Å². The van der Waals surface area contributed by atoms with Crippen molar-refractivity contribution >= 4 is 22.7 Å². The topological polar surface area (TPSA) is 99.8 Å². The second-order valence-electron chi connectivity index (χ2n) is 7.49. The first-order chi connectivity index (χ1) is 15.8. The SMILES string of the molecule is CCN(CC)C(C)Cn1cc(-c2ccccc2)c2ccccc2c1=O.O=C(O)/C=C\C(=O)O. The van der Waals surface area contributed by atoms with Gasteiger partial charge in [-0.1, -0.05) is 62.4 Å². The molecule has 174 valence electrons. The van der Waals surface area contributed by atoms with Gasteiger partial charge in [-0.05, 0) is 37.0 Å². The number of carboxylic acid groups (broad SMARTS) is 2. The van der Waals surface area contributed by atoms with E-state index in [0.717, 1.165) is 35.0 Å². The van der Waals surface area contributed by atoms with E-state index in [2.05, 4.69) is 37.8 Å². The zero-order valence-corrected chi connectivity index (χ0v) is 19.1. The second-order valence-corrected chi connectivity index (χ2v) is 7.49. The van der Waals surface area contributed by atoms with Gasteiger partial charge < -0.3 is 14.8 Å². The number of benzene rings is 2. The molecule has 7 heteroatoms. The number of hydrogen-bond donors (Lipinski definition) is 2. The maximum atomic E-state index is 13.0. The average Bonchev–Trinajstić information content (AvgIpc) is 2.81. The van der Waals surface area contributed by atoms with Crippen LogP contribution in [0, 0.1) is 0 Å². The number of aromatic nitrogens is 1. The summed E-state index contributed by atoms with van der Waals surface area (Å²) < 4.78 is 1.88. The van der Waals surface area contributed by atoms with Gasteiger partial charge in [-0.25, -0.2) is 9.59 Å². The molecule has 0 bridgehead atoms. The van der Waals surface area contributed by atoms with Gasteiger partial charge in [0.2, 0.25) is 0 Å². The number of carboxylic acids is 2. The lowest BCUT2D eigenvalue weighted by atomic mass is 10.0. The Morgan fingerprint density at radius 3 is 1.94 bits per heavy atom. The summed E-state index contributed by atoms with van der Waals surface area (Å²) in [5.41, 5.74) is 2.35. The number of hydrogen-bond acceptors (Lipinski definition) is 4. The van der Waals surface area contributed by atoms with Crippen molar-refractivity contribution in [1.29, 1.82) is 0 Å². The Morgan fingerprint density at radius 2 is 1.42 bits per heavy atom. The van der Waals surface area contributed by atoms with Crippen molar-refractivity contribution < 1.29 is 19.8 Å². The smallest absolute Gasteiger partial charge is 0.328 e. The van der Waals surface area contributed by atoms with Crippen molar-refractivity contribution in [3.05, 3.63) is 83.3 Å². The van der Waals surface area contributed by atoms with Crippen LogP contribution in [0.15, 0.2) is 77.7 Å². The van der Waals surface area contributed by atoms with Gasteiger partial charge in [-0.3, -0.25) is 9.69 Å². The van der Waals surface area contributed by atoms with Crippen LogP contribution >= 0.6 is 0 Å². The number of carbonyl (C=O) groups is 2. The lowest BCUT2D eigenvalue weighted by Gasteiger charge is -2.27. The fourth-order valence-corrected chi connectivity index (χ4v) is 3.72. The first-order valence-electron chi connectivity index (χ1n) is 10.8. The van der Waals surface area contributed by atoms with E-state index in [4.69, 9.17) is 10.2 Å². The maximum Gasteiger partial charge on any atom is 0.328 e. The van der Waals surface area contributed by atoms with Crippen LogP contribution in [0.4, 0.5) is 0 Å². The van der Waals surface area contributed by atoms with Crippen molar-refractivity contribution in [2.24, 2.45) is 0 Å². The van der Waals surface area contributed by atoms with E-state index in [-0.39, 0.29) is 5.56 Å². The summed E-state index contributed by atoms with van der Waals surface area (Å²) >= 11 is 0. The number of likely N-dealkylation sites (N-methyl/N-ethyl adjacent to an activating group) is 1. The summed E-state index contributed by atoms with van der Waals surface area (Å²) in [4.78, 5) is 34.5. The van der Waals surface area contributed by atoms with Crippen LogP contribution in [0.25, 0.3) is 21.9 Å². The fourth-order valence-electron chi connectivity index (χ4n) is 3.72. The molecule has 2 N–H and O–H groups in total. The Morgan fingerprint density at radius 1 is 0.909 bits per heavy atom. The van der Waals surface area contributed by atoms with Crippen molar-refractivity contribution in [3.8, 4) is 11.1 Å². The molecular formula is C26H30N2O5. The largest absolute Gasteiger partial charge is 0.478 e. The Kier molecular flexibility index (Phi) is 9.57. The molecule has 33 heavy (non-hydrogen) atoms. The Balaban J connectivity index is 0.000000414. The quantitative estimate of drug-likeness (QED) is 0.501. The summed E-state index contributed by atoms with van der Waals surface area (Å²) in [5.74, 6) is -2.51. The molecule has 1 heterocycles. The van der Waals surface area contributed by atoms with Crippen LogP contribution < -0.4 is 5.56 Å². The van der Waals surface area contributed by atoms with Gasteiger partial charge in [0.15, 0.2) is 0 Å². The number of nitrogens with zero attached hydrogens (tertiary/aromatic N) is 2. The fraction of sp³-hybridized carbons (Fsp3) is 0.269. The van der Waals surface area contributed by atoms with E-state index in [1.54, 1.807) is 0 Å². The molecule has 0 aliphatic rings. The van der Waals surface area contributed by atoms with E-state index in [9.17, 15) is 14.4 Å². The first-order valence-corrected chi connectivity index (χ1v) is 10.8. The second kappa shape index (κ2) is 12.4. The molecule has 1 atom stereocenters. The normalized spacial score (nSPS) is 11.9. The zero-order valence-electron chi connectivity index (χ0n) is 19.1. The molecule has 0 fully saturated rings. The monoisotopic (exact) mass is 450 g/mol. The van der Waals surface area contributed by atoms with Crippen LogP contribution in [0.5, 0.6) is 0 Å². The van der Waals surface area contributed by atoms with Crippen molar-refractivity contribution in [2.45, 2.75) is 33.4 Å². The average molecular weight is 451 g/mol. The summed E-state index contributed by atoms with van der Waals surface area (Å²) in [5, 5.41) is 17.4. The molecule has 1 aromatic heterocycles. The molecule has 7 nitrogen and oxygen atoms in total. The molecule has 0 aliphatic heterocycles. The number of pyridine rings is 1. The molecule has 2 aromatic carbocycles. The van der Waals surface area contributed by atoms with Crippen LogP contribution in [0.2, 0.25) is 0 Å². The molecule has 3 aromatic rings. The van der Waals surface area contributed by atoms with E-state index in [1.807, 2.05) is 53.2 Å². The van der Waals surface area contributed by atoms with Crippen LogP contribution in [0.1, 0.15) is 20.8 Å². The van der Waals surface area contributed by atoms with Crippen molar-refractivity contribution in [1.82, 2.24) is 9.47 Å². The van der Waals surface area contributed by atoms with Crippen molar-refractivity contribution in [3.63, 3.8) is 0 Å². The summed E-state index contributed by atoms with van der Waals surface area (Å²) in [6, 6.07) is 18.5. The van der Waals surface area contributed by atoms with E-state index < -0.39 is 11.9 Å². The van der Waals surface area contributed by atoms with Gasteiger partial charge in [0.25, 0.3) is 5.56 Å². The van der Waals surface area contributed by atoms with Gasteiger partial charge in [-0.15, -0.1) is 0 Å². The molecule has 0 amide bonds.